The molecule has 0 fully saturated rings. The number of allylic oxidation sites excluding steroid dienone is 1. The second-order valence-corrected chi connectivity index (χ2v) is 11.6. The maximum atomic E-state index is 13.7. The molecule has 0 bridgehead atoms. The summed E-state index contributed by atoms with van der Waals surface area (Å²) in [6.45, 7) is 8.13. The van der Waals surface area contributed by atoms with Crippen LogP contribution in [0.5, 0.6) is 17.2 Å². The van der Waals surface area contributed by atoms with Gasteiger partial charge in [-0.15, -0.1) is 11.3 Å². The van der Waals surface area contributed by atoms with E-state index in [9.17, 15) is 9.90 Å². The second kappa shape index (κ2) is 11.6. The van der Waals surface area contributed by atoms with Crippen molar-refractivity contribution in [1.82, 2.24) is 4.90 Å². The summed E-state index contributed by atoms with van der Waals surface area (Å²) < 4.78 is 22.7. The van der Waals surface area contributed by atoms with Crippen LogP contribution in [0.1, 0.15) is 47.1 Å². The highest BCUT2D eigenvalue weighted by molar-refractivity contribution is 7.11. The van der Waals surface area contributed by atoms with Crippen LogP contribution in [-0.2, 0) is 9.47 Å². The second-order valence-electron chi connectivity index (χ2n) is 10.7. The van der Waals surface area contributed by atoms with Crippen LogP contribution in [-0.4, -0.2) is 69.1 Å². The number of anilines is 1. The van der Waals surface area contributed by atoms with Crippen LogP contribution in [0.2, 0.25) is 0 Å². The standard InChI is InChI=1S/C32H36N2O6S/c1-19-18-32(2,3)33-22-8-7-21-28(27(19)22)25(40-24-10-9-23(35)30(39-6)29(21)24)17-26-20(11-16-41-26)31(36)34(12-14-37-4)13-15-38-5/h7-11,16-18,33,35H,12-15H2,1-6H3/b25-17-. The molecule has 216 valence electrons. The van der Waals surface area contributed by atoms with Crippen molar-refractivity contribution < 1.29 is 28.8 Å². The van der Waals surface area contributed by atoms with E-state index in [1.807, 2.05) is 23.6 Å². The molecule has 3 aromatic rings. The summed E-state index contributed by atoms with van der Waals surface area (Å²) >= 11 is 1.48. The van der Waals surface area contributed by atoms with E-state index >= 15 is 0 Å². The Bertz CT molecular complexity index is 1530. The van der Waals surface area contributed by atoms with Gasteiger partial charge in [-0.2, -0.15) is 0 Å². The van der Waals surface area contributed by atoms with Gasteiger partial charge in [0.1, 0.15) is 11.5 Å². The van der Waals surface area contributed by atoms with Crippen LogP contribution in [0.3, 0.4) is 0 Å². The van der Waals surface area contributed by atoms with Gasteiger partial charge < -0.3 is 34.3 Å². The summed E-state index contributed by atoms with van der Waals surface area (Å²) in [5.74, 6) is 1.48. The average Bonchev–Trinajstić information content (AvgIpc) is 3.40. The minimum atomic E-state index is -0.222. The van der Waals surface area contributed by atoms with Gasteiger partial charge in [0, 0.05) is 54.6 Å². The van der Waals surface area contributed by atoms with E-state index in [1.165, 1.54) is 18.4 Å². The van der Waals surface area contributed by atoms with E-state index in [0.717, 1.165) is 32.8 Å². The van der Waals surface area contributed by atoms with E-state index in [4.69, 9.17) is 18.9 Å². The van der Waals surface area contributed by atoms with Crippen molar-refractivity contribution in [3.63, 3.8) is 0 Å². The van der Waals surface area contributed by atoms with Crippen molar-refractivity contribution in [2.75, 3.05) is 52.9 Å². The third-order valence-electron chi connectivity index (χ3n) is 7.28. The molecule has 2 aliphatic rings. The first-order chi connectivity index (χ1) is 19.7. The van der Waals surface area contributed by atoms with Gasteiger partial charge in [-0.05, 0) is 62.1 Å². The normalized spacial score (nSPS) is 15.7. The van der Waals surface area contributed by atoms with E-state index in [2.05, 4.69) is 38.2 Å². The van der Waals surface area contributed by atoms with Crippen molar-refractivity contribution in [2.24, 2.45) is 0 Å². The van der Waals surface area contributed by atoms with Crippen molar-refractivity contribution >= 4 is 40.3 Å². The highest BCUT2D eigenvalue weighted by Crippen LogP contribution is 2.54. The predicted octanol–water partition coefficient (Wildman–Crippen LogP) is 6.36. The van der Waals surface area contributed by atoms with Gasteiger partial charge in [0.05, 0.1) is 37.0 Å². The fourth-order valence-corrected chi connectivity index (χ4v) is 6.37. The zero-order valence-corrected chi connectivity index (χ0v) is 25.1. The number of phenolic OH excluding ortho intramolecular Hbond substituents is 1. The number of hydrogen-bond donors (Lipinski definition) is 2. The smallest absolute Gasteiger partial charge is 0.255 e. The van der Waals surface area contributed by atoms with Crippen molar-refractivity contribution in [1.29, 1.82) is 0 Å². The number of rotatable bonds is 9. The Morgan fingerprint density at radius 2 is 1.78 bits per heavy atom. The molecule has 5 rings (SSSR count). The van der Waals surface area contributed by atoms with Gasteiger partial charge >= 0.3 is 0 Å². The Balaban J connectivity index is 1.68. The minimum absolute atomic E-state index is 0.0378. The van der Waals surface area contributed by atoms with E-state index in [-0.39, 0.29) is 17.2 Å². The van der Waals surface area contributed by atoms with Crippen molar-refractivity contribution in [2.45, 2.75) is 26.3 Å². The Morgan fingerprint density at radius 3 is 2.46 bits per heavy atom. The molecule has 0 unspecified atom stereocenters. The molecular weight excluding hydrogens is 540 g/mol. The van der Waals surface area contributed by atoms with Gasteiger partial charge in [-0.3, -0.25) is 4.79 Å². The number of aromatic hydroxyl groups is 1. The summed E-state index contributed by atoms with van der Waals surface area (Å²) in [6.07, 6.45) is 4.14. The van der Waals surface area contributed by atoms with Crippen LogP contribution in [0.25, 0.3) is 28.5 Å². The molecular formula is C32H36N2O6S. The lowest BCUT2D eigenvalue weighted by molar-refractivity contribution is 0.0627. The molecule has 2 aromatic carbocycles. The highest BCUT2D eigenvalue weighted by Gasteiger charge is 2.34. The molecule has 2 N–H and O–H groups in total. The number of carbonyl (C=O) groups excluding carboxylic acids is 1. The Labute approximate surface area is 244 Å². The minimum Gasteiger partial charge on any atom is -0.504 e. The number of ether oxygens (including phenoxy) is 4. The molecule has 41 heavy (non-hydrogen) atoms. The molecule has 0 saturated carbocycles. The molecule has 0 atom stereocenters. The topological polar surface area (TPSA) is 89.5 Å². The first-order valence-corrected chi connectivity index (χ1v) is 14.4. The van der Waals surface area contributed by atoms with Gasteiger partial charge in [0.25, 0.3) is 5.91 Å². The van der Waals surface area contributed by atoms with E-state index < -0.39 is 0 Å². The molecule has 1 aromatic heterocycles. The van der Waals surface area contributed by atoms with Gasteiger partial charge in [0.2, 0.25) is 0 Å². The number of amides is 1. The Hall–Kier alpha value is -3.79. The number of hydrogen-bond acceptors (Lipinski definition) is 8. The number of methoxy groups -OCH3 is 3. The lowest BCUT2D eigenvalue weighted by Gasteiger charge is -2.35. The fourth-order valence-electron chi connectivity index (χ4n) is 5.57. The first-order valence-electron chi connectivity index (χ1n) is 13.5. The average molecular weight is 577 g/mol. The molecule has 9 heteroatoms. The van der Waals surface area contributed by atoms with Crippen molar-refractivity contribution in [3.05, 3.63) is 63.4 Å². The maximum Gasteiger partial charge on any atom is 0.255 e. The summed E-state index contributed by atoms with van der Waals surface area (Å²) in [7, 11) is 4.78. The van der Waals surface area contributed by atoms with E-state index in [1.54, 1.807) is 31.3 Å². The third kappa shape index (κ3) is 5.45. The van der Waals surface area contributed by atoms with Crippen molar-refractivity contribution in [3.8, 4) is 28.4 Å². The first kappa shape index (κ1) is 28.7. The number of carbonyl (C=O) groups is 1. The number of phenols is 1. The number of nitrogens with one attached hydrogen (secondary N) is 1. The molecule has 0 saturated heterocycles. The summed E-state index contributed by atoms with van der Waals surface area (Å²) in [5.41, 5.74) is 5.90. The Kier molecular flexibility index (Phi) is 8.13. The number of thiophene rings is 1. The fraction of sp³-hybridized carbons (Fsp3) is 0.344. The molecule has 2 aliphatic heterocycles. The van der Waals surface area contributed by atoms with E-state index in [0.29, 0.717) is 54.7 Å². The molecule has 0 spiro atoms. The van der Waals surface area contributed by atoms with Gasteiger partial charge in [0.15, 0.2) is 11.5 Å². The summed E-state index contributed by atoms with van der Waals surface area (Å²) in [4.78, 5) is 16.2. The Morgan fingerprint density at radius 1 is 1.05 bits per heavy atom. The van der Waals surface area contributed by atoms with Gasteiger partial charge in [-0.25, -0.2) is 0 Å². The SMILES string of the molecule is COCCN(CCOC)C(=O)c1ccsc1/C=C1\Oc2ccc(O)c(OC)c2-c2ccc3c(c21)C(C)=CC(C)(C)N3. The van der Waals surface area contributed by atoms with Crippen LogP contribution >= 0.6 is 11.3 Å². The van der Waals surface area contributed by atoms with Crippen LogP contribution < -0.4 is 14.8 Å². The quantitative estimate of drug-likeness (QED) is 0.306. The maximum absolute atomic E-state index is 13.7. The van der Waals surface area contributed by atoms with Crippen LogP contribution in [0.15, 0.2) is 41.8 Å². The molecule has 0 aliphatic carbocycles. The highest BCUT2D eigenvalue weighted by atomic mass is 32.1. The number of benzene rings is 2. The summed E-state index contributed by atoms with van der Waals surface area (Å²) in [6, 6.07) is 9.25. The van der Waals surface area contributed by atoms with Crippen LogP contribution in [0, 0.1) is 0 Å². The number of fused-ring (bicyclic) bond motifs is 5. The molecule has 8 nitrogen and oxygen atoms in total. The lowest BCUT2D eigenvalue weighted by atomic mass is 9.83. The predicted molar refractivity (Wildman–Crippen MR) is 164 cm³/mol. The molecule has 3 heterocycles. The summed E-state index contributed by atoms with van der Waals surface area (Å²) in [5, 5.41) is 16.2. The zero-order valence-electron chi connectivity index (χ0n) is 24.3. The number of nitrogens with zero attached hydrogens (tertiary/aromatic N) is 1. The molecule has 0 radical (unpaired) electrons. The largest absolute Gasteiger partial charge is 0.504 e. The van der Waals surface area contributed by atoms with Gasteiger partial charge in [-0.1, -0.05) is 12.1 Å². The molecule has 1 amide bonds. The monoisotopic (exact) mass is 576 g/mol. The third-order valence-corrected chi connectivity index (χ3v) is 8.14. The lowest BCUT2D eigenvalue weighted by Crippen LogP contribution is -2.36. The zero-order chi connectivity index (χ0) is 29.3. The van der Waals surface area contributed by atoms with Crippen LogP contribution in [0.4, 0.5) is 5.69 Å².